The fraction of sp³-hybridized carbons (Fsp3) is 0.143. The van der Waals surface area contributed by atoms with Crippen molar-refractivity contribution in [2.45, 2.75) is 13.8 Å². The summed E-state index contributed by atoms with van der Waals surface area (Å²) in [5, 5.41) is 0. The molecular weight excluding hydrogens is 184 g/mol. The number of allylic oxidation sites excluding steroid dienone is 2. The predicted octanol–water partition coefficient (Wildman–Crippen LogP) is 4.27. The normalized spacial score (nSPS) is 9.87. The van der Waals surface area contributed by atoms with Gasteiger partial charge in [0.05, 0.1) is 0 Å². The van der Waals surface area contributed by atoms with Gasteiger partial charge in [-0.15, -0.1) is 13.2 Å². The summed E-state index contributed by atoms with van der Waals surface area (Å²) in [7, 11) is 0. The molecule has 1 nitrogen and oxygen atoms in total. The van der Waals surface area contributed by atoms with Gasteiger partial charge in [-0.05, 0) is 37.6 Å². The molecule has 1 aromatic rings. The number of hydrogen-bond donors (Lipinski definition) is 0. The Morgan fingerprint density at radius 2 is 1.87 bits per heavy atom. The molecule has 0 unspecified atom stereocenters. The van der Waals surface area contributed by atoms with Crippen molar-refractivity contribution in [1.82, 2.24) is 0 Å². The number of benzene rings is 1. The van der Waals surface area contributed by atoms with Gasteiger partial charge in [0.25, 0.3) is 0 Å². The van der Waals surface area contributed by atoms with Crippen molar-refractivity contribution in [1.29, 1.82) is 0 Å². The third-order valence-corrected chi connectivity index (χ3v) is 1.81. The Bertz CT molecular complexity index is 337. The van der Waals surface area contributed by atoms with Crippen LogP contribution in [-0.4, -0.2) is 0 Å². The highest BCUT2D eigenvalue weighted by atomic mass is 16.5. The molecule has 0 aliphatic heterocycles. The summed E-state index contributed by atoms with van der Waals surface area (Å²) in [5.41, 5.74) is 1.13. The smallest absolute Gasteiger partial charge is 0.130 e. The molecule has 0 aliphatic rings. The van der Waals surface area contributed by atoms with Crippen molar-refractivity contribution < 1.29 is 4.74 Å². The molecule has 0 fully saturated rings. The zero-order valence-corrected chi connectivity index (χ0v) is 9.49. The summed E-state index contributed by atoms with van der Waals surface area (Å²) in [4.78, 5) is 0. The van der Waals surface area contributed by atoms with E-state index in [-0.39, 0.29) is 0 Å². The maximum Gasteiger partial charge on any atom is 0.130 e. The quantitative estimate of drug-likeness (QED) is 0.404. The van der Waals surface area contributed by atoms with Crippen molar-refractivity contribution in [3.05, 3.63) is 67.5 Å². The third kappa shape index (κ3) is 4.32. The van der Waals surface area contributed by atoms with E-state index in [0.717, 1.165) is 17.1 Å². The fourth-order valence-electron chi connectivity index (χ4n) is 1.02. The summed E-state index contributed by atoms with van der Waals surface area (Å²) >= 11 is 0. The van der Waals surface area contributed by atoms with Crippen LogP contribution in [-0.2, 0) is 0 Å². The molecule has 0 spiro atoms. The summed E-state index contributed by atoms with van der Waals surface area (Å²) in [6.45, 7) is 13.6. The standard InChI is InChI=1S/C12H14O.C2H4/c1-4-11(5-2)13-12-9-7-6-8-10(12)3;1-2/h4-9H,1H2,2-3H3;1-2H2/b11-5+;. The van der Waals surface area contributed by atoms with Crippen LogP contribution in [0.1, 0.15) is 12.5 Å². The molecule has 0 heterocycles. The Morgan fingerprint density at radius 3 is 2.33 bits per heavy atom. The van der Waals surface area contributed by atoms with Crippen LogP contribution in [0.5, 0.6) is 5.75 Å². The first-order valence-electron chi connectivity index (χ1n) is 4.80. The van der Waals surface area contributed by atoms with Gasteiger partial charge in [-0.3, -0.25) is 0 Å². The van der Waals surface area contributed by atoms with Crippen LogP contribution >= 0.6 is 0 Å². The van der Waals surface area contributed by atoms with E-state index in [4.69, 9.17) is 4.74 Å². The van der Waals surface area contributed by atoms with Gasteiger partial charge in [-0.1, -0.05) is 24.8 Å². The zero-order chi connectivity index (χ0) is 11.7. The predicted molar refractivity (Wildman–Crippen MR) is 67.0 cm³/mol. The Morgan fingerprint density at radius 1 is 1.27 bits per heavy atom. The Kier molecular flexibility index (Phi) is 6.73. The van der Waals surface area contributed by atoms with Gasteiger partial charge in [0.1, 0.15) is 11.5 Å². The maximum atomic E-state index is 5.59. The molecule has 15 heavy (non-hydrogen) atoms. The molecule has 0 saturated heterocycles. The van der Waals surface area contributed by atoms with E-state index in [1.54, 1.807) is 6.08 Å². The first-order chi connectivity index (χ1) is 7.27. The van der Waals surface area contributed by atoms with Gasteiger partial charge in [0.15, 0.2) is 0 Å². The van der Waals surface area contributed by atoms with Gasteiger partial charge in [0.2, 0.25) is 0 Å². The minimum Gasteiger partial charge on any atom is -0.457 e. The number of hydrogen-bond acceptors (Lipinski definition) is 1. The molecule has 0 amide bonds. The molecular formula is C14H18O. The lowest BCUT2D eigenvalue weighted by molar-refractivity contribution is 0.440. The van der Waals surface area contributed by atoms with Gasteiger partial charge in [-0.2, -0.15) is 0 Å². The van der Waals surface area contributed by atoms with Crippen LogP contribution in [0.2, 0.25) is 0 Å². The third-order valence-electron chi connectivity index (χ3n) is 1.81. The molecule has 0 atom stereocenters. The van der Waals surface area contributed by atoms with E-state index in [1.807, 2.05) is 44.2 Å². The van der Waals surface area contributed by atoms with Crippen LogP contribution in [0, 0.1) is 6.92 Å². The molecule has 0 N–H and O–H groups in total. The minimum atomic E-state index is 0.786. The van der Waals surface area contributed by atoms with Crippen molar-refractivity contribution in [3.63, 3.8) is 0 Å². The molecule has 0 aliphatic carbocycles. The van der Waals surface area contributed by atoms with Gasteiger partial charge in [0, 0.05) is 0 Å². The van der Waals surface area contributed by atoms with Gasteiger partial charge in [-0.25, -0.2) is 0 Å². The van der Waals surface area contributed by atoms with E-state index in [9.17, 15) is 0 Å². The summed E-state index contributed by atoms with van der Waals surface area (Å²) in [6, 6.07) is 7.91. The first kappa shape index (κ1) is 13.2. The van der Waals surface area contributed by atoms with Crippen LogP contribution < -0.4 is 4.74 Å². The van der Waals surface area contributed by atoms with Crippen LogP contribution in [0.4, 0.5) is 0 Å². The maximum absolute atomic E-state index is 5.59. The van der Waals surface area contributed by atoms with E-state index in [1.165, 1.54) is 0 Å². The van der Waals surface area contributed by atoms with Crippen LogP contribution in [0.3, 0.4) is 0 Å². The van der Waals surface area contributed by atoms with Crippen LogP contribution in [0.15, 0.2) is 61.9 Å². The second kappa shape index (κ2) is 7.63. The second-order valence-electron chi connectivity index (χ2n) is 2.76. The topological polar surface area (TPSA) is 9.23 Å². The highest BCUT2D eigenvalue weighted by Gasteiger charge is 1.98. The Balaban J connectivity index is 0.000000921. The number of rotatable bonds is 3. The lowest BCUT2D eigenvalue weighted by atomic mass is 10.2. The summed E-state index contributed by atoms with van der Waals surface area (Å²) in [6.07, 6.45) is 3.59. The monoisotopic (exact) mass is 202 g/mol. The molecule has 0 aromatic heterocycles. The minimum absolute atomic E-state index is 0.786. The molecule has 0 radical (unpaired) electrons. The Labute approximate surface area is 92.4 Å². The highest BCUT2D eigenvalue weighted by Crippen LogP contribution is 2.19. The van der Waals surface area contributed by atoms with Crippen molar-refractivity contribution in [2.24, 2.45) is 0 Å². The number of aryl methyl sites for hydroxylation is 1. The lowest BCUT2D eigenvalue weighted by Gasteiger charge is -2.07. The van der Waals surface area contributed by atoms with E-state index >= 15 is 0 Å². The second-order valence-corrected chi connectivity index (χ2v) is 2.76. The van der Waals surface area contributed by atoms with Crippen molar-refractivity contribution >= 4 is 0 Å². The number of para-hydroxylation sites is 1. The Hall–Kier alpha value is -1.76. The van der Waals surface area contributed by atoms with Crippen molar-refractivity contribution in [3.8, 4) is 5.75 Å². The summed E-state index contributed by atoms with van der Waals surface area (Å²) < 4.78 is 5.59. The first-order valence-corrected chi connectivity index (χ1v) is 4.80. The summed E-state index contributed by atoms with van der Waals surface area (Å²) in [5.74, 6) is 1.67. The van der Waals surface area contributed by atoms with E-state index < -0.39 is 0 Å². The average Bonchev–Trinajstić information content (AvgIpc) is 2.31. The van der Waals surface area contributed by atoms with Gasteiger partial charge < -0.3 is 4.74 Å². The average molecular weight is 202 g/mol. The van der Waals surface area contributed by atoms with E-state index in [0.29, 0.717) is 0 Å². The molecule has 0 saturated carbocycles. The zero-order valence-electron chi connectivity index (χ0n) is 9.49. The molecule has 1 rings (SSSR count). The highest BCUT2D eigenvalue weighted by molar-refractivity contribution is 5.34. The number of ether oxygens (including phenoxy) is 1. The molecule has 1 heteroatoms. The lowest BCUT2D eigenvalue weighted by Crippen LogP contribution is -1.92. The molecule has 80 valence electrons. The molecule has 1 aromatic carbocycles. The SMILES string of the molecule is C=C.C=C/C(=C\C)Oc1ccccc1C. The van der Waals surface area contributed by atoms with Gasteiger partial charge >= 0.3 is 0 Å². The fourth-order valence-corrected chi connectivity index (χ4v) is 1.02. The largest absolute Gasteiger partial charge is 0.457 e. The van der Waals surface area contributed by atoms with E-state index in [2.05, 4.69) is 19.7 Å². The molecule has 0 bridgehead atoms. The van der Waals surface area contributed by atoms with Crippen LogP contribution in [0.25, 0.3) is 0 Å². The van der Waals surface area contributed by atoms with Crippen molar-refractivity contribution in [2.75, 3.05) is 0 Å².